The van der Waals surface area contributed by atoms with Crippen LogP contribution in [0.15, 0.2) is 42.5 Å². The van der Waals surface area contributed by atoms with E-state index < -0.39 is 0 Å². The molecule has 1 heterocycles. The van der Waals surface area contributed by atoms with Gasteiger partial charge in [0.05, 0.1) is 0 Å². The third kappa shape index (κ3) is 4.06. The van der Waals surface area contributed by atoms with E-state index >= 15 is 0 Å². The van der Waals surface area contributed by atoms with E-state index in [1.54, 1.807) is 0 Å². The van der Waals surface area contributed by atoms with Gasteiger partial charge >= 0.3 is 0 Å². The number of halogens is 1. The van der Waals surface area contributed by atoms with Crippen molar-refractivity contribution < 1.29 is 4.57 Å². The topological polar surface area (TPSA) is 7.12 Å². The molecular weight excluding hydrogens is 371 g/mol. The molecule has 0 aliphatic rings. The fourth-order valence-corrected chi connectivity index (χ4v) is 2.79. The highest BCUT2D eigenvalue weighted by Crippen LogP contribution is 2.16. The second kappa shape index (κ2) is 7.59. The number of rotatable bonds is 5. The van der Waals surface area contributed by atoms with E-state index in [-0.39, 0.29) is 0 Å². The Bertz CT molecular complexity index is 614. The molecule has 0 saturated carbocycles. The predicted octanol–water partition coefficient (Wildman–Crippen LogP) is 4.13. The molecule has 0 fully saturated rings. The summed E-state index contributed by atoms with van der Waals surface area (Å²) in [4.78, 5) is 2.35. The largest absolute Gasteiger partial charge is 0.372 e. The summed E-state index contributed by atoms with van der Waals surface area (Å²) in [6.45, 7) is 6.47. The lowest BCUT2D eigenvalue weighted by molar-refractivity contribution is -0.686. The summed E-state index contributed by atoms with van der Waals surface area (Å²) in [5.41, 5.74) is 3.72. The fraction of sp³-hybridized carbons (Fsp3) is 0.278. The van der Waals surface area contributed by atoms with E-state index in [4.69, 9.17) is 0 Å². The second-order valence-electron chi connectivity index (χ2n) is 4.93. The average Bonchev–Trinajstić information content (AvgIpc) is 2.51. The zero-order valence-electron chi connectivity index (χ0n) is 12.9. The Labute approximate surface area is 141 Å². The minimum absolute atomic E-state index is 1.05. The molecular formula is C18H22IN2+. The number of pyridine rings is 1. The van der Waals surface area contributed by atoms with E-state index in [0.717, 1.165) is 13.1 Å². The first kappa shape index (κ1) is 16.0. The van der Waals surface area contributed by atoms with Crippen molar-refractivity contribution in [2.75, 3.05) is 18.0 Å². The Balaban J connectivity index is 2.16. The highest BCUT2D eigenvalue weighted by molar-refractivity contribution is 14.1. The van der Waals surface area contributed by atoms with Gasteiger partial charge in [0.2, 0.25) is 9.39 Å². The van der Waals surface area contributed by atoms with Gasteiger partial charge in [-0.25, -0.2) is 0 Å². The van der Waals surface area contributed by atoms with E-state index in [1.165, 1.54) is 20.6 Å². The molecule has 0 atom stereocenters. The van der Waals surface area contributed by atoms with Crippen LogP contribution in [-0.4, -0.2) is 13.1 Å². The molecule has 0 spiro atoms. The molecule has 0 N–H and O–H groups in total. The van der Waals surface area contributed by atoms with Crippen molar-refractivity contribution in [1.82, 2.24) is 0 Å². The molecule has 0 aliphatic heterocycles. The molecule has 0 unspecified atom stereocenters. The normalized spacial score (nSPS) is 11.0. The van der Waals surface area contributed by atoms with Crippen LogP contribution in [0.4, 0.5) is 5.69 Å². The maximum Gasteiger partial charge on any atom is 0.241 e. The summed E-state index contributed by atoms with van der Waals surface area (Å²) in [7, 11) is 2.09. The number of hydrogen-bond donors (Lipinski definition) is 0. The van der Waals surface area contributed by atoms with Gasteiger partial charge in [-0.15, -0.1) is 0 Å². The summed E-state index contributed by atoms with van der Waals surface area (Å²) in [6.07, 6.45) is 4.33. The van der Waals surface area contributed by atoms with Crippen LogP contribution in [0.1, 0.15) is 25.1 Å². The minimum atomic E-state index is 1.05. The molecule has 0 bridgehead atoms. The van der Waals surface area contributed by atoms with Crippen LogP contribution in [0, 0.1) is 3.70 Å². The van der Waals surface area contributed by atoms with E-state index in [1.807, 2.05) is 0 Å². The molecule has 0 aliphatic carbocycles. The first-order valence-corrected chi connectivity index (χ1v) is 8.41. The lowest BCUT2D eigenvalue weighted by Gasteiger charge is -2.20. The second-order valence-corrected chi connectivity index (χ2v) is 6.03. The van der Waals surface area contributed by atoms with Crippen molar-refractivity contribution in [3.8, 4) is 0 Å². The van der Waals surface area contributed by atoms with Crippen LogP contribution in [0.2, 0.25) is 0 Å². The fourth-order valence-electron chi connectivity index (χ4n) is 2.31. The highest BCUT2D eigenvalue weighted by atomic mass is 127. The van der Waals surface area contributed by atoms with Crippen LogP contribution in [-0.2, 0) is 7.05 Å². The third-order valence-corrected chi connectivity index (χ3v) is 4.76. The van der Waals surface area contributed by atoms with Crippen LogP contribution in [0.5, 0.6) is 0 Å². The SMILES string of the molecule is CCN(CC)c1ccc(/C=C/c2cccc(I)[n+]2C)cc1. The van der Waals surface area contributed by atoms with Crippen LogP contribution >= 0.6 is 22.6 Å². The smallest absolute Gasteiger partial charge is 0.241 e. The number of benzene rings is 1. The van der Waals surface area contributed by atoms with Crippen molar-refractivity contribution in [3.05, 3.63) is 57.4 Å². The molecule has 3 heteroatoms. The van der Waals surface area contributed by atoms with Crippen LogP contribution < -0.4 is 9.47 Å². The Morgan fingerprint density at radius 1 is 1.00 bits per heavy atom. The van der Waals surface area contributed by atoms with Crippen molar-refractivity contribution in [1.29, 1.82) is 0 Å². The van der Waals surface area contributed by atoms with Crippen LogP contribution in [0.3, 0.4) is 0 Å². The van der Waals surface area contributed by atoms with Crippen molar-refractivity contribution in [2.45, 2.75) is 13.8 Å². The number of anilines is 1. The quantitative estimate of drug-likeness (QED) is 0.421. The maximum atomic E-state index is 2.35. The van der Waals surface area contributed by atoms with E-state index in [0.29, 0.717) is 0 Å². The first-order chi connectivity index (χ1) is 10.2. The van der Waals surface area contributed by atoms with Gasteiger partial charge in [-0.3, -0.25) is 0 Å². The summed E-state index contributed by atoms with van der Waals surface area (Å²) in [5, 5.41) is 0. The summed E-state index contributed by atoms with van der Waals surface area (Å²) < 4.78 is 3.41. The van der Waals surface area contributed by atoms with Gasteiger partial charge in [0, 0.05) is 59.6 Å². The maximum absolute atomic E-state index is 2.35. The Kier molecular flexibility index (Phi) is 5.79. The molecule has 2 rings (SSSR count). The zero-order valence-corrected chi connectivity index (χ0v) is 15.0. The summed E-state index contributed by atoms with van der Waals surface area (Å²) in [6, 6.07) is 15.1. The van der Waals surface area contributed by atoms with Gasteiger partial charge in [0.25, 0.3) is 0 Å². The molecule has 2 aromatic rings. The van der Waals surface area contributed by atoms with Crippen LogP contribution in [0.25, 0.3) is 12.2 Å². The van der Waals surface area contributed by atoms with Gasteiger partial charge in [-0.05, 0) is 43.7 Å². The molecule has 0 saturated heterocycles. The molecule has 21 heavy (non-hydrogen) atoms. The average molecular weight is 393 g/mol. The lowest BCUT2D eigenvalue weighted by atomic mass is 10.1. The monoisotopic (exact) mass is 393 g/mol. The summed E-state index contributed by atoms with van der Waals surface area (Å²) >= 11 is 2.35. The number of aromatic nitrogens is 1. The summed E-state index contributed by atoms with van der Waals surface area (Å²) in [5.74, 6) is 0. The van der Waals surface area contributed by atoms with Gasteiger partial charge < -0.3 is 4.90 Å². The third-order valence-electron chi connectivity index (χ3n) is 3.68. The molecule has 0 radical (unpaired) electrons. The number of nitrogens with zero attached hydrogens (tertiary/aromatic N) is 2. The standard InChI is InChI=1S/C18H22IN2/c1-4-21(5-2)17-13-10-15(11-14-17)9-12-16-7-6-8-18(19)20(16)3/h6-14H,4-5H2,1-3H3/q+1. The van der Waals surface area contributed by atoms with Gasteiger partial charge in [0.15, 0.2) is 0 Å². The van der Waals surface area contributed by atoms with Crippen molar-refractivity contribution in [3.63, 3.8) is 0 Å². The molecule has 2 nitrogen and oxygen atoms in total. The molecule has 110 valence electrons. The van der Waals surface area contributed by atoms with Gasteiger partial charge in [-0.2, -0.15) is 4.57 Å². The van der Waals surface area contributed by atoms with Gasteiger partial charge in [-0.1, -0.05) is 12.1 Å². The van der Waals surface area contributed by atoms with Crippen molar-refractivity contribution >= 4 is 40.4 Å². The molecule has 1 aromatic carbocycles. The van der Waals surface area contributed by atoms with Crippen molar-refractivity contribution in [2.24, 2.45) is 7.05 Å². The Hall–Kier alpha value is -1.36. The minimum Gasteiger partial charge on any atom is -0.372 e. The zero-order chi connectivity index (χ0) is 15.2. The Morgan fingerprint density at radius 3 is 2.29 bits per heavy atom. The van der Waals surface area contributed by atoms with Gasteiger partial charge in [0.1, 0.15) is 7.05 Å². The van der Waals surface area contributed by atoms with E-state index in [2.05, 4.69) is 108 Å². The first-order valence-electron chi connectivity index (χ1n) is 7.33. The molecule has 1 aromatic heterocycles. The highest BCUT2D eigenvalue weighted by Gasteiger charge is 2.06. The number of hydrogen-bond acceptors (Lipinski definition) is 1. The van der Waals surface area contributed by atoms with E-state index in [9.17, 15) is 0 Å². The Morgan fingerprint density at radius 2 is 1.67 bits per heavy atom. The predicted molar refractivity (Wildman–Crippen MR) is 99.3 cm³/mol. The lowest BCUT2D eigenvalue weighted by Crippen LogP contribution is -2.35. The molecule has 0 amide bonds.